The highest BCUT2D eigenvalue weighted by Gasteiger charge is 2.48. The van der Waals surface area contributed by atoms with Crippen molar-refractivity contribution in [2.24, 2.45) is 5.41 Å². The van der Waals surface area contributed by atoms with Crippen molar-refractivity contribution < 1.29 is 21.9 Å². The summed E-state index contributed by atoms with van der Waals surface area (Å²) in [6.07, 6.45) is -0.698. The van der Waals surface area contributed by atoms with E-state index < -0.39 is 33.7 Å². The average Bonchev–Trinajstić information content (AvgIpc) is 3.05. The van der Waals surface area contributed by atoms with E-state index in [2.05, 4.69) is 0 Å². The van der Waals surface area contributed by atoms with Crippen LogP contribution in [0.5, 0.6) is 0 Å². The fourth-order valence-electron chi connectivity index (χ4n) is 3.81. The molecule has 1 saturated heterocycles. The molecule has 1 saturated carbocycles. The van der Waals surface area contributed by atoms with Crippen molar-refractivity contribution in [2.75, 3.05) is 25.5 Å². The molecule has 1 aliphatic heterocycles. The van der Waals surface area contributed by atoms with Crippen LogP contribution in [0.25, 0.3) is 0 Å². The monoisotopic (exact) mass is 359 g/mol. The van der Waals surface area contributed by atoms with Gasteiger partial charge in [0.15, 0.2) is 0 Å². The van der Waals surface area contributed by atoms with Crippen molar-refractivity contribution >= 4 is 10.0 Å². The van der Waals surface area contributed by atoms with E-state index >= 15 is 0 Å². The third-order valence-corrected chi connectivity index (χ3v) is 7.24. The Morgan fingerprint density at radius 3 is 2.50 bits per heavy atom. The van der Waals surface area contributed by atoms with Crippen LogP contribution >= 0.6 is 0 Å². The molecule has 0 amide bonds. The van der Waals surface area contributed by atoms with Crippen molar-refractivity contribution in [1.82, 2.24) is 4.31 Å². The van der Waals surface area contributed by atoms with Gasteiger partial charge in [0.2, 0.25) is 16.4 Å². The van der Waals surface area contributed by atoms with Gasteiger partial charge in [0.05, 0.1) is 25.0 Å². The number of morpholine rings is 1. The van der Waals surface area contributed by atoms with Crippen LogP contribution in [0.15, 0.2) is 30.3 Å². The van der Waals surface area contributed by atoms with Crippen molar-refractivity contribution in [3.8, 4) is 0 Å². The Kier molecular flexibility index (Phi) is 5.22. The average molecular weight is 359 g/mol. The van der Waals surface area contributed by atoms with Crippen LogP contribution in [0.2, 0.25) is 0 Å². The Balaban J connectivity index is 1.86. The lowest BCUT2D eigenvalue weighted by atomic mass is 9.89. The van der Waals surface area contributed by atoms with Crippen LogP contribution in [0, 0.1) is 5.41 Å². The summed E-state index contributed by atoms with van der Waals surface area (Å²) in [7, 11) is -3.79. The first-order valence-electron chi connectivity index (χ1n) is 8.35. The Labute approximate surface area is 141 Å². The number of hydrogen-bond donors (Lipinski definition) is 0. The molecule has 1 aliphatic carbocycles. The fraction of sp³-hybridized carbons (Fsp3) is 0.647. The number of ether oxygens (including phenoxy) is 1. The third-order valence-electron chi connectivity index (χ3n) is 5.15. The molecule has 1 heterocycles. The minimum atomic E-state index is -3.79. The Morgan fingerprint density at radius 1 is 1.21 bits per heavy atom. The Morgan fingerprint density at radius 2 is 1.88 bits per heavy atom. The van der Waals surface area contributed by atoms with E-state index in [0.29, 0.717) is 19.4 Å². The lowest BCUT2D eigenvalue weighted by molar-refractivity contribution is 0.00941. The van der Waals surface area contributed by atoms with Gasteiger partial charge in [-0.1, -0.05) is 43.2 Å². The molecular weight excluding hydrogens is 336 g/mol. The molecule has 1 aromatic rings. The third kappa shape index (κ3) is 3.48. The minimum absolute atomic E-state index is 0.210. The Bertz CT molecular complexity index is 645. The highest BCUT2D eigenvalue weighted by Crippen LogP contribution is 2.45. The van der Waals surface area contributed by atoms with Crippen molar-refractivity contribution in [3.63, 3.8) is 0 Å². The van der Waals surface area contributed by atoms with Gasteiger partial charge in [-0.3, -0.25) is 0 Å². The van der Waals surface area contributed by atoms with E-state index in [1.54, 1.807) is 0 Å². The first-order chi connectivity index (χ1) is 11.4. The molecule has 1 unspecified atom stereocenters. The lowest BCUT2D eigenvalue weighted by Gasteiger charge is -2.37. The van der Waals surface area contributed by atoms with Crippen molar-refractivity contribution in [3.05, 3.63) is 35.9 Å². The quantitative estimate of drug-likeness (QED) is 0.811. The first-order valence-corrected chi connectivity index (χ1v) is 9.96. The first kappa shape index (κ1) is 17.8. The molecule has 24 heavy (non-hydrogen) atoms. The Hall–Kier alpha value is -1.05. The van der Waals surface area contributed by atoms with Gasteiger partial charge in [-0.05, 0) is 18.4 Å². The number of rotatable bonds is 5. The molecule has 0 spiro atoms. The van der Waals surface area contributed by atoms with Gasteiger partial charge in [-0.2, -0.15) is 4.31 Å². The number of hydrogen-bond acceptors (Lipinski definition) is 3. The second-order valence-corrected chi connectivity index (χ2v) is 8.66. The van der Waals surface area contributed by atoms with Crippen LogP contribution in [0.1, 0.15) is 37.3 Å². The molecule has 0 aromatic heterocycles. The van der Waals surface area contributed by atoms with Gasteiger partial charge in [0.1, 0.15) is 0 Å². The van der Waals surface area contributed by atoms with Gasteiger partial charge < -0.3 is 4.74 Å². The van der Waals surface area contributed by atoms with Gasteiger partial charge in [0.25, 0.3) is 0 Å². The molecule has 1 aromatic carbocycles. The van der Waals surface area contributed by atoms with E-state index in [9.17, 15) is 17.2 Å². The molecular formula is C17H23F2NO3S. The largest absolute Gasteiger partial charge is 0.378 e. The van der Waals surface area contributed by atoms with Gasteiger partial charge in [-0.15, -0.1) is 0 Å². The van der Waals surface area contributed by atoms with E-state index in [-0.39, 0.29) is 26.0 Å². The number of halogens is 2. The summed E-state index contributed by atoms with van der Waals surface area (Å²) in [4.78, 5) is 0. The smallest absolute Gasteiger partial charge is 0.245 e. The molecule has 0 N–H and O–H groups in total. The van der Waals surface area contributed by atoms with Crippen molar-refractivity contribution in [2.45, 2.75) is 38.2 Å². The summed E-state index contributed by atoms with van der Waals surface area (Å²) >= 11 is 0. The highest BCUT2D eigenvalue weighted by molar-refractivity contribution is 7.89. The SMILES string of the molecule is O=S(=O)(CC1(C(F)F)CCCC1)N1CCOCC1c1ccccc1. The van der Waals surface area contributed by atoms with E-state index in [4.69, 9.17) is 4.74 Å². The molecule has 2 aliphatic rings. The number of sulfonamides is 1. The summed E-state index contributed by atoms with van der Waals surface area (Å²) in [6.45, 7) is 0.760. The van der Waals surface area contributed by atoms with Crippen molar-refractivity contribution in [1.29, 1.82) is 0 Å². The van der Waals surface area contributed by atoms with Gasteiger partial charge >= 0.3 is 0 Å². The maximum Gasteiger partial charge on any atom is 0.245 e. The van der Waals surface area contributed by atoms with Crippen LogP contribution in [-0.4, -0.2) is 44.7 Å². The number of benzene rings is 1. The topological polar surface area (TPSA) is 46.6 Å². The summed E-state index contributed by atoms with van der Waals surface area (Å²) in [5.41, 5.74) is -0.559. The van der Waals surface area contributed by atoms with Crippen LogP contribution in [0.3, 0.4) is 0 Å². The zero-order chi connectivity index (χ0) is 17.2. The normalized spacial score (nSPS) is 25.2. The highest BCUT2D eigenvalue weighted by atomic mass is 32.2. The summed E-state index contributed by atoms with van der Waals surface area (Å²) in [6, 6.07) is 8.79. The zero-order valence-corrected chi connectivity index (χ0v) is 14.4. The fourth-order valence-corrected chi connectivity index (χ4v) is 6.04. The number of alkyl halides is 2. The molecule has 7 heteroatoms. The molecule has 0 radical (unpaired) electrons. The van der Waals surface area contributed by atoms with Crippen LogP contribution in [-0.2, 0) is 14.8 Å². The van der Waals surface area contributed by atoms with E-state index in [1.807, 2.05) is 30.3 Å². The molecule has 3 rings (SSSR count). The second-order valence-electron chi connectivity index (χ2n) is 6.74. The molecule has 4 nitrogen and oxygen atoms in total. The lowest BCUT2D eigenvalue weighted by Crippen LogP contribution is -2.48. The molecule has 1 atom stereocenters. The predicted octanol–water partition coefficient (Wildman–Crippen LogP) is 3.22. The van der Waals surface area contributed by atoms with E-state index in [0.717, 1.165) is 5.56 Å². The molecule has 0 bridgehead atoms. The minimum Gasteiger partial charge on any atom is -0.378 e. The maximum atomic E-state index is 13.6. The second kappa shape index (κ2) is 7.06. The number of nitrogens with zero attached hydrogens (tertiary/aromatic N) is 1. The molecule has 134 valence electrons. The summed E-state index contributed by atoms with van der Waals surface area (Å²) in [5.74, 6) is -0.471. The summed E-state index contributed by atoms with van der Waals surface area (Å²) < 4.78 is 60.0. The van der Waals surface area contributed by atoms with Gasteiger partial charge in [0, 0.05) is 12.0 Å². The van der Waals surface area contributed by atoms with E-state index in [1.165, 1.54) is 4.31 Å². The van der Waals surface area contributed by atoms with Crippen LogP contribution < -0.4 is 0 Å². The standard InChI is InChI=1S/C17H23F2NO3S/c18-16(19)17(8-4-5-9-17)13-24(21,22)20-10-11-23-12-15(20)14-6-2-1-3-7-14/h1-3,6-7,15-16H,4-5,8-13H2. The predicted molar refractivity (Wildman–Crippen MR) is 87.4 cm³/mol. The van der Waals surface area contributed by atoms with Crippen LogP contribution in [0.4, 0.5) is 8.78 Å². The van der Waals surface area contributed by atoms with Gasteiger partial charge in [-0.25, -0.2) is 17.2 Å². The zero-order valence-electron chi connectivity index (χ0n) is 13.5. The summed E-state index contributed by atoms with van der Waals surface area (Å²) in [5, 5.41) is 0. The maximum absolute atomic E-state index is 13.6. The molecule has 2 fully saturated rings.